The van der Waals surface area contributed by atoms with Crippen molar-refractivity contribution in [3.63, 3.8) is 0 Å². The molecule has 2 N–H and O–H groups in total. The topological polar surface area (TPSA) is 87.0 Å². The van der Waals surface area contributed by atoms with E-state index in [1.807, 2.05) is 0 Å². The molecule has 0 unspecified atom stereocenters. The van der Waals surface area contributed by atoms with Crippen LogP contribution < -0.4 is 5.73 Å². The summed E-state index contributed by atoms with van der Waals surface area (Å²) < 4.78 is 1.52. The Hall–Kier alpha value is -2.37. The SMILES string of the molecule is Cn1nc(-c2cccc([N+](=O)[O-])c2)cc1N. The van der Waals surface area contributed by atoms with Crippen LogP contribution >= 0.6 is 0 Å². The first-order valence-corrected chi connectivity index (χ1v) is 4.62. The molecule has 6 nitrogen and oxygen atoms in total. The van der Waals surface area contributed by atoms with Gasteiger partial charge in [-0.2, -0.15) is 5.10 Å². The second-order valence-corrected chi connectivity index (χ2v) is 3.39. The van der Waals surface area contributed by atoms with Crippen LogP contribution in [0.25, 0.3) is 11.3 Å². The molecule has 0 fully saturated rings. The monoisotopic (exact) mass is 218 g/mol. The van der Waals surface area contributed by atoms with Gasteiger partial charge in [0, 0.05) is 30.8 Å². The third-order valence-corrected chi connectivity index (χ3v) is 2.27. The van der Waals surface area contributed by atoms with E-state index in [2.05, 4.69) is 5.10 Å². The zero-order valence-corrected chi connectivity index (χ0v) is 8.62. The van der Waals surface area contributed by atoms with Gasteiger partial charge in [0.05, 0.1) is 10.6 Å². The van der Waals surface area contributed by atoms with Gasteiger partial charge in [0.1, 0.15) is 5.82 Å². The predicted molar refractivity (Wildman–Crippen MR) is 59.7 cm³/mol. The van der Waals surface area contributed by atoms with Crippen LogP contribution in [0.1, 0.15) is 0 Å². The number of aryl methyl sites for hydroxylation is 1. The number of nitro groups is 1. The van der Waals surface area contributed by atoms with Crippen LogP contribution in [0.2, 0.25) is 0 Å². The van der Waals surface area contributed by atoms with E-state index in [0.717, 1.165) is 0 Å². The first-order valence-electron chi connectivity index (χ1n) is 4.62. The lowest BCUT2D eigenvalue weighted by molar-refractivity contribution is -0.384. The van der Waals surface area contributed by atoms with Gasteiger partial charge in [-0.25, -0.2) is 0 Å². The van der Waals surface area contributed by atoms with Crippen molar-refractivity contribution in [2.75, 3.05) is 5.73 Å². The standard InChI is InChI=1S/C10H10N4O2/c1-13-10(11)6-9(12-13)7-3-2-4-8(5-7)14(15)16/h2-6H,11H2,1H3. The highest BCUT2D eigenvalue weighted by atomic mass is 16.6. The van der Waals surface area contributed by atoms with E-state index in [4.69, 9.17) is 5.73 Å². The molecular formula is C10H10N4O2. The Balaban J connectivity index is 2.48. The third kappa shape index (κ3) is 1.72. The molecule has 16 heavy (non-hydrogen) atoms. The number of hydrogen-bond donors (Lipinski definition) is 1. The molecule has 0 aliphatic carbocycles. The zero-order valence-electron chi connectivity index (χ0n) is 8.62. The summed E-state index contributed by atoms with van der Waals surface area (Å²) in [6.45, 7) is 0. The summed E-state index contributed by atoms with van der Waals surface area (Å²) in [5.41, 5.74) is 7.00. The predicted octanol–water partition coefficient (Wildman–Crippen LogP) is 1.58. The highest BCUT2D eigenvalue weighted by Crippen LogP contribution is 2.23. The maximum Gasteiger partial charge on any atom is 0.270 e. The van der Waals surface area contributed by atoms with Crippen molar-refractivity contribution in [1.82, 2.24) is 9.78 Å². The van der Waals surface area contributed by atoms with E-state index >= 15 is 0 Å². The van der Waals surface area contributed by atoms with E-state index in [1.54, 1.807) is 25.2 Å². The van der Waals surface area contributed by atoms with Crippen molar-refractivity contribution < 1.29 is 4.92 Å². The number of anilines is 1. The van der Waals surface area contributed by atoms with Gasteiger partial charge in [-0.05, 0) is 0 Å². The van der Waals surface area contributed by atoms with Crippen LogP contribution in [0.4, 0.5) is 11.5 Å². The molecule has 6 heteroatoms. The second kappa shape index (κ2) is 3.65. The van der Waals surface area contributed by atoms with Gasteiger partial charge >= 0.3 is 0 Å². The van der Waals surface area contributed by atoms with Crippen LogP contribution in [0.5, 0.6) is 0 Å². The van der Waals surface area contributed by atoms with Gasteiger partial charge in [-0.15, -0.1) is 0 Å². The molecule has 2 rings (SSSR count). The number of benzene rings is 1. The van der Waals surface area contributed by atoms with Gasteiger partial charge in [0.25, 0.3) is 5.69 Å². The summed E-state index contributed by atoms with van der Waals surface area (Å²) in [5.74, 6) is 0.515. The summed E-state index contributed by atoms with van der Waals surface area (Å²) in [6.07, 6.45) is 0. The fraction of sp³-hybridized carbons (Fsp3) is 0.100. The summed E-state index contributed by atoms with van der Waals surface area (Å²) in [7, 11) is 1.72. The number of nitrogens with zero attached hydrogens (tertiary/aromatic N) is 3. The first kappa shape index (κ1) is 10.2. The third-order valence-electron chi connectivity index (χ3n) is 2.27. The number of rotatable bonds is 2. The van der Waals surface area contributed by atoms with E-state index in [9.17, 15) is 10.1 Å². The summed E-state index contributed by atoms with van der Waals surface area (Å²) in [5, 5.41) is 14.8. The molecule has 1 aromatic heterocycles. The van der Waals surface area contributed by atoms with Crippen LogP contribution in [0.3, 0.4) is 0 Å². The molecule has 0 bridgehead atoms. The van der Waals surface area contributed by atoms with Crippen LogP contribution in [0, 0.1) is 10.1 Å². The van der Waals surface area contributed by atoms with Crippen molar-refractivity contribution in [1.29, 1.82) is 0 Å². The quantitative estimate of drug-likeness (QED) is 0.612. The minimum Gasteiger partial charge on any atom is -0.384 e. The molecular weight excluding hydrogens is 208 g/mol. The molecule has 0 saturated heterocycles. The van der Waals surface area contributed by atoms with Gasteiger partial charge in [-0.3, -0.25) is 14.8 Å². The fourth-order valence-electron chi connectivity index (χ4n) is 1.40. The Kier molecular flexibility index (Phi) is 2.32. The zero-order chi connectivity index (χ0) is 11.7. The normalized spacial score (nSPS) is 10.3. The molecule has 0 atom stereocenters. The minimum absolute atomic E-state index is 0.0433. The molecule has 82 valence electrons. The van der Waals surface area contributed by atoms with Gasteiger partial charge < -0.3 is 5.73 Å². The number of non-ortho nitro benzene ring substituents is 1. The molecule has 0 aliphatic heterocycles. The number of aromatic nitrogens is 2. The Bertz CT molecular complexity index is 528. The average molecular weight is 218 g/mol. The fourth-order valence-corrected chi connectivity index (χ4v) is 1.40. The Morgan fingerprint density at radius 2 is 2.19 bits per heavy atom. The van der Waals surface area contributed by atoms with Crippen molar-refractivity contribution in [3.05, 3.63) is 40.4 Å². The van der Waals surface area contributed by atoms with Crippen molar-refractivity contribution in [3.8, 4) is 11.3 Å². The van der Waals surface area contributed by atoms with E-state index in [0.29, 0.717) is 17.1 Å². The van der Waals surface area contributed by atoms with E-state index < -0.39 is 4.92 Å². The molecule has 0 radical (unpaired) electrons. The van der Waals surface area contributed by atoms with Crippen LogP contribution in [0.15, 0.2) is 30.3 Å². The van der Waals surface area contributed by atoms with E-state index in [-0.39, 0.29) is 5.69 Å². The first-order chi connectivity index (χ1) is 7.58. The van der Waals surface area contributed by atoms with Crippen molar-refractivity contribution in [2.45, 2.75) is 0 Å². The smallest absolute Gasteiger partial charge is 0.270 e. The molecule has 2 aromatic rings. The number of nitrogen functional groups attached to an aromatic ring is 1. The second-order valence-electron chi connectivity index (χ2n) is 3.39. The molecule has 1 heterocycles. The summed E-state index contributed by atoms with van der Waals surface area (Å²) in [4.78, 5) is 10.2. The average Bonchev–Trinajstić information content (AvgIpc) is 2.59. The number of hydrogen-bond acceptors (Lipinski definition) is 4. The number of nitrogens with two attached hydrogens (primary N) is 1. The lowest BCUT2D eigenvalue weighted by atomic mass is 10.1. The number of nitro benzene ring substituents is 1. The Morgan fingerprint density at radius 1 is 1.44 bits per heavy atom. The Labute approximate surface area is 91.5 Å². The van der Waals surface area contributed by atoms with Crippen molar-refractivity contribution >= 4 is 11.5 Å². The van der Waals surface area contributed by atoms with Gasteiger partial charge in [0.2, 0.25) is 0 Å². The minimum atomic E-state index is -0.435. The molecule has 0 amide bonds. The molecule has 0 saturated carbocycles. The van der Waals surface area contributed by atoms with Crippen molar-refractivity contribution in [2.24, 2.45) is 7.05 Å². The maximum atomic E-state index is 10.6. The highest BCUT2D eigenvalue weighted by molar-refractivity contribution is 5.64. The molecule has 0 spiro atoms. The largest absolute Gasteiger partial charge is 0.384 e. The van der Waals surface area contributed by atoms with Crippen LogP contribution in [-0.4, -0.2) is 14.7 Å². The maximum absolute atomic E-state index is 10.6. The highest BCUT2D eigenvalue weighted by Gasteiger charge is 2.09. The Morgan fingerprint density at radius 3 is 2.75 bits per heavy atom. The van der Waals surface area contributed by atoms with Gasteiger partial charge in [0.15, 0.2) is 0 Å². The molecule has 0 aliphatic rings. The lowest BCUT2D eigenvalue weighted by Gasteiger charge is -1.96. The summed E-state index contributed by atoms with van der Waals surface area (Å²) >= 11 is 0. The van der Waals surface area contributed by atoms with Crippen LogP contribution in [-0.2, 0) is 7.05 Å². The van der Waals surface area contributed by atoms with E-state index in [1.165, 1.54) is 16.8 Å². The van der Waals surface area contributed by atoms with Gasteiger partial charge in [-0.1, -0.05) is 12.1 Å². The molecule has 1 aromatic carbocycles. The summed E-state index contributed by atoms with van der Waals surface area (Å²) in [6, 6.07) is 7.98. The lowest BCUT2D eigenvalue weighted by Crippen LogP contribution is -1.96.